The Hall–Kier alpha value is -2.64. The van der Waals surface area contributed by atoms with E-state index in [0.29, 0.717) is 24.0 Å². The SMILES string of the molecule is c1cc2c(cn1)c(N=C1CCCCO1)nn1nnnc21. The summed E-state index contributed by atoms with van der Waals surface area (Å²) in [7, 11) is 0. The van der Waals surface area contributed by atoms with Crippen molar-refractivity contribution < 1.29 is 4.74 Å². The van der Waals surface area contributed by atoms with Gasteiger partial charge in [0.1, 0.15) is 0 Å². The van der Waals surface area contributed by atoms with Crippen molar-refractivity contribution in [3.8, 4) is 0 Å². The van der Waals surface area contributed by atoms with Crippen LogP contribution in [-0.4, -0.2) is 42.7 Å². The quantitative estimate of drug-likeness (QED) is 0.661. The molecule has 3 aromatic heterocycles. The molecule has 1 saturated heterocycles. The summed E-state index contributed by atoms with van der Waals surface area (Å²) < 4.78 is 6.93. The van der Waals surface area contributed by atoms with Crippen molar-refractivity contribution in [3.05, 3.63) is 18.5 Å². The largest absolute Gasteiger partial charge is 0.481 e. The molecule has 0 bridgehead atoms. The van der Waals surface area contributed by atoms with Gasteiger partial charge in [-0.25, -0.2) is 0 Å². The minimum Gasteiger partial charge on any atom is -0.481 e. The topological polar surface area (TPSA) is 90.5 Å². The molecule has 0 aliphatic carbocycles. The second kappa shape index (κ2) is 4.48. The highest BCUT2D eigenvalue weighted by Gasteiger charge is 2.13. The maximum Gasteiger partial charge on any atom is 0.208 e. The molecule has 100 valence electrons. The number of aromatic nitrogens is 6. The number of tetrazole rings is 1. The molecule has 0 saturated carbocycles. The molecule has 1 aliphatic heterocycles. The first-order valence-corrected chi connectivity index (χ1v) is 6.44. The van der Waals surface area contributed by atoms with Crippen molar-refractivity contribution in [1.82, 2.24) is 30.2 Å². The summed E-state index contributed by atoms with van der Waals surface area (Å²) in [6.45, 7) is 0.710. The summed E-state index contributed by atoms with van der Waals surface area (Å²) in [6, 6.07) is 1.86. The Labute approximate surface area is 113 Å². The normalized spacial score (nSPS) is 17.7. The Kier molecular flexibility index (Phi) is 2.51. The van der Waals surface area contributed by atoms with Crippen molar-refractivity contribution in [2.45, 2.75) is 19.3 Å². The number of hydrogen-bond acceptors (Lipinski definition) is 7. The first-order valence-electron chi connectivity index (χ1n) is 6.44. The maximum absolute atomic E-state index is 5.55. The number of hydrogen-bond donors (Lipinski definition) is 0. The molecule has 0 atom stereocenters. The molecule has 3 aromatic rings. The lowest BCUT2D eigenvalue weighted by atomic mass is 10.2. The van der Waals surface area contributed by atoms with Crippen LogP contribution in [0.4, 0.5) is 5.82 Å². The molecule has 4 rings (SSSR count). The van der Waals surface area contributed by atoms with Crippen LogP contribution in [0.5, 0.6) is 0 Å². The summed E-state index contributed by atoms with van der Waals surface area (Å²) in [5.74, 6) is 1.24. The lowest BCUT2D eigenvalue weighted by Gasteiger charge is -2.14. The van der Waals surface area contributed by atoms with Crippen LogP contribution in [-0.2, 0) is 4.74 Å². The van der Waals surface area contributed by atoms with E-state index in [0.717, 1.165) is 30.0 Å². The van der Waals surface area contributed by atoms with Gasteiger partial charge >= 0.3 is 0 Å². The van der Waals surface area contributed by atoms with Crippen molar-refractivity contribution >= 4 is 28.1 Å². The van der Waals surface area contributed by atoms with Crippen LogP contribution in [0.1, 0.15) is 19.3 Å². The summed E-state index contributed by atoms with van der Waals surface area (Å²) in [4.78, 5) is 8.63. The Balaban J connectivity index is 1.96. The zero-order chi connectivity index (χ0) is 13.4. The predicted molar refractivity (Wildman–Crippen MR) is 70.8 cm³/mol. The second-order valence-corrected chi connectivity index (χ2v) is 4.55. The molecule has 0 amide bonds. The molecule has 1 aliphatic rings. The van der Waals surface area contributed by atoms with E-state index >= 15 is 0 Å². The van der Waals surface area contributed by atoms with Gasteiger partial charge in [0.2, 0.25) is 5.65 Å². The molecular weight excluding hydrogens is 258 g/mol. The fourth-order valence-electron chi connectivity index (χ4n) is 2.25. The lowest BCUT2D eigenvalue weighted by Crippen LogP contribution is -2.12. The van der Waals surface area contributed by atoms with Gasteiger partial charge in [-0.1, -0.05) is 0 Å². The minimum atomic E-state index is 0.532. The van der Waals surface area contributed by atoms with E-state index in [9.17, 15) is 0 Å². The molecule has 0 unspecified atom stereocenters. The van der Waals surface area contributed by atoms with E-state index in [4.69, 9.17) is 4.74 Å². The van der Waals surface area contributed by atoms with E-state index < -0.39 is 0 Å². The van der Waals surface area contributed by atoms with Crippen molar-refractivity contribution in [2.75, 3.05) is 6.61 Å². The summed E-state index contributed by atoms with van der Waals surface area (Å²) in [5.41, 5.74) is 0.593. The highest BCUT2D eigenvalue weighted by Crippen LogP contribution is 2.25. The number of fused-ring (bicyclic) bond motifs is 3. The predicted octanol–water partition coefficient (Wildman–Crippen LogP) is 1.30. The minimum absolute atomic E-state index is 0.532. The molecule has 8 nitrogen and oxygen atoms in total. The van der Waals surface area contributed by atoms with Gasteiger partial charge in [-0.05, 0) is 29.3 Å². The summed E-state index contributed by atoms with van der Waals surface area (Å²) in [6.07, 6.45) is 6.41. The number of rotatable bonds is 1. The third kappa shape index (κ3) is 1.77. The van der Waals surface area contributed by atoms with Crippen molar-refractivity contribution in [1.29, 1.82) is 0 Å². The smallest absolute Gasteiger partial charge is 0.208 e. The van der Waals surface area contributed by atoms with Gasteiger partial charge in [-0.2, -0.15) is 4.99 Å². The summed E-state index contributed by atoms with van der Waals surface area (Å²) in [5, 5.41) is 17.5. The lowest BCUT2D eigenvalue weighted by molar-refractivity contribution is 0.260. The van der Waals surface area contributed by atoms with Crippen LogP contribution in [0.15, 0.2) is 23.5 Å². The molecule has 8 heteroatoms. The molecule has 0 radical (unpaired) electrons. The first-order chi connectivity index (χ1) is 9.92. The molecular formula is C12H11N7O. The zero-order valence-corrected chi connectivity index (χ0v) is 10.6. The first kappa shape index (κ1) is 11.2. The van der Waals surface area contributed by atoms with Gasteiger partial charge in [0.25, 0.3) is 0 Å². The number of nitrogens with zero attached hydrogens (tertiary/aromatic N) is 7. The number of ether oxygens (including phenoxy) is 1. The van der Waals surface area contributed by atoms with Gasteiger partial charge in [0.15, 0.2) is 11.7 Å². The monoisotopic (exact) mass is 269 g/mol. The van der Waals surface area contributed by atoms with Gasteiger partial charge in [0, 0.05) is 24.2 Å². The van der Waals surface area contributed by atoms with Crippen LogP contribution in [0.25, 0.3) is 16.4 Å². The van der Waals surface area contributed by atoms with Gasteiger partial charge in [-0.15, -0.1) is 14.8 Å². The second-order valence-electron chi connectivity index (χ2n) is 4.55. The Morgan fingerprint density at radius 1 is 1.25 bits per heavy atom. The number of aliphatic imine (C=N–C) groups is 1. The Morgan fingerprint density at radius 2 is 2.25 bits per heavy atom. The third-order valence-electron chi connectivity index (χ3n) is 3.23. The van der Waals surface area contributed by atoms with E-state index in [1.54, 1.807) is 12.4 Å². The molecule has 0 N–H and O–H groups in total. The highest BCUT2D eigenvalue weighted by molar-refractivity contribution is 5.99. The maximum atomic E-state index is 5.55. The number of pyridine rings is 1. The van der Waals surface area contributed by atoms with Crippen LogP contribution in [0.3, 0.4) is 0 Å². The van der Waals surface area contributed by atoms with Crippen molar-refractivity contribution in [3.63, 3.8) is 0 Å². The molecule has 4 heterocycles. The molecule has 20 heavy (non-hydrogen) atoms. The van der Waals surface area contributed by atoms with Crippen LogP contribution in [0.2, 0.25) is 0 Å². The fourth-order valence-corrected chi connectivity index (χ4v) is 2.25. The highest BCUT2D eigenvalue weighted by atomic mass is 16.5. The van der Waals surface area contributed by atoms with Gasteiger partial charge in [0.05, 0.1) is 12.0 Å². The third-order valence-corrected chi connectivity index (χ3v) is 3.23. The summed E-state index contributed by atoms with van der Waals surface area (Å²) >= 11 is 0. The van der Waals surface area contributed by atoms with Crippen molar-refractivity contribution in [2.24, 2.45) is 4.99 Å². The standard InChI is InChI=1S/C12H11N7O/c1-2-6-20-10(3-1)14-11-9-7-13-5-4-8(9)12-15-17-18-19(12)16-11/h4-5,7H,1-3,6H2. The van der Waals surface area contributed by atoms with E-state index in [1.165, 1.54) is 4.63 Å². The van der Waals surface area contributed by atoms with E-state index in [-0.39, 0.29) is 0 Å². The Bertz CT molecular complexity index is 802. The van der Waals surface area contributed by atoms with Gasteiger partial charge in [-0.3, -0.25) is 4.98 Å². The van der Waals surface area contributed by atoms with Crippen LogP contribution in [0, 0.1) is 0 Å². The van der Waals surface area contributed by atoms with Crippen LogP contribution < -0.4 is 0 Å². The fraction of sp³-hybridized carbons (Fsp3) is 0.333. The molecule has 0 aromatic carbocycles. The molecule has 1 fully saturated rings. The van der Waals surface area contributed by atoms with E-state index in [1.807, 2.05) is 6.07 Å². The van der Waals surface area contributed by atoms with Gasteiger partial charge < -0.3 is 4.74 Å². The zero-order valence-electron chi connectivity index (χ0n) is 10.6. The average Bonchev–Trinajstić information content (AvgIpc) is 2.97. The van der Waals surface area contributed by atoms with Crippen LogP contribution >= 0.6 is 0 Å². The Morgan fingerprint density at radius 3 is 3.15 bits per heavy atom. The van der Waals surface area contributed by atoms with E-state index in [2.05, 4.69) is 30.6 Å². The molecule has 0 spiro atoms. The average molecular weight is 269 g/mol.